The van der Waals surface area contributed by atoms with Crippen LogP contribution in [0.3, 0.4) is 0 Å². The van der Waals surface area contributed by atoms with Crippen molar-refractivity contribution in [2.24, 2.45) is 5.92 Å². The van der Waals surface area contributed by atoms with Crippen molar-refractivity contribution in [3.05, 3.63) is 52.0 Å². The maximum atomic E-state index is 12.0. The Balaban J connectivity index is 1.88. The van der Waals surface area contributed by atoms with Crippen LogP contribution in [-0.2, 0) is 6.42 Å². The molecule has 0 radical (unpaired) electrons. The molecule has 0 aliphatic carbocycles. The first kappa shape index (κ1) is 14.7. The molecule has 0 saturated heterocycles. The summed E-state index contributed by atoms with van der Waals surface area (Å²) in [6.07, 6.45) is 2.39. The SMILES string of the molecule is Cc1cscc1C(=O)NCC(CO)Cc1ccccn1. The lowest BCUT2D eigenvalue weighted by molar-refractivity contribution is 0.0939. The van der Waals surface area contributed by atoms with Gasteiger partial charge < -0.3 is 10.4 Å². The normalized spacial score (nSPS) is 12.1. The molecule has 0 aliphatic rings. The number of rotatable bonds is 6. The van der Waals surface area contributed by atoms with Gasteiger partial charge in [-0.25, -0.2) is 0 Å². The number of carbonyl (C=O) groups excluding carboxylic acids is 1. The van der Waals surface area contributed by atoms with Crippen molar-refractivity contribution in [3.63, 3.8) is 0 Å². The molecule has 0 bridgehead atoms. The molecule has 2 aromatic heterocycles. The summed E-state index contributed by atoms with van der Waals surface area (Å²) in [5.41, 5.74) is 2.62. The van der Waals surface area contributed by atoms with E-state index >= 15 is 0 Å². The minimum Gasteiger partial charge on any atom is -0.396 e. The van der Waals surface area contributed by atoms with Gasteiger partial charge >= 0.3 is 0 Å². The van der Waals surface area contributed by atoms with Crippen molar-refractivity contribution >= 4 is 17.2 Å². The Hall–Kier alpha value is -1.72. The third-order valence-corrected chi connectivity index (χ3v) is 4.00. The smallest absolute Gasteiger partial charge is 0.252 e. The first-order valence-electron chi connectivity index (χ1n) is 6.52. The van der Waals surface area contributed by atoms with Crippen LogP contribution >= 0.6 is 11.3 Å². The zero-order chi connectivity index (χ0) is 14.4. The Labute approximate surface area is 122 Å². The highest BCUT2D eigenvalue weighted by Gasteiger charge is 2.14. The molecule has 2 N–H and O–H groups in total. The Kier molecular flexibility index (Phi) is 5.26. The van der Waals surface area contributed by atoms with E-state index in [1.54, 1.807) is 6.20 Å². The first-order chi connectivity index (χ1) is 9.70. The number of hydrogen-bond acceptors (Lipinski definition) is 4. The highest BCUT2D eigenvalue weighted by atomic mass is 32.1. The monoisotopic (exact) mass is 290 g/mol. The van der Waals surface area contributed by atoms with Crippen molar-refractivity contribution < 1.29 is 9.90 Å². The fourth-order valence-corrected chi connectivity index (χ4v) is 2.77. The van der Waals surface area contributed by atoms with Crippen molar-refractivity contribution in [3.8, 4) is 0 Å². The van der Waals surface area contributed by atoms with Gasteiger partial charge in [0.15, 0.2) is 0 Å². The van der Waals surface area contributed by atoms with Crippen LogP contribution < -0.4 is 5.32 Å². The van der Waals surface area contributed by atoms with Crippen LogP contribution in [0.5, 0.6) is 0 Å². The third-order valence-electron chi connectivity index (χ3n) is 3.13. The van der Waals surface area contributed by atoms with Crippen molar-refractivity contribution in [2.45, 2.75) is 13.3 Å². The van der Waals surface area contributed by atoms with Crippen LogP contribution in [0.1, 0.15) is 21.6 Å². The van der Waals surface area contributed by atoms with Gasteiger partial charge in [-0.2, -0.15) is 11.3 Å². The topological polar surface area (TPSA) is 62.2 Å². The summed E-state index contributed by atoms with van der Waals surface area (Å²) in [7, 11) is 0. The lowest BCUT2D eigenvalue weighted by Crippen LogP contribution is -2.32. The van der Waals surface area contributed by atoms with Gasteiger partial charge in [-0.15, -0.1) is 0 Å². The van der Waals surface area contributed by atoms with Crippen LogP contribution in [-0.4, -0.2) is 29.1 Å². The standard InChI is InChI=1S/C15H18N2O2S/c1-11-9-20-10-14(11)15(19)17-7-12(8-18)6-13-4-2-3-5-16-13/h2-5,9-10,12,18H,6-8H2,1H3,(H,17,19). The molecule has 2 heterocycles. The summed E-state index contributed by atoms with van der Waals surface area (Å²) in [4.78, 5) is 16.2. The van der Waals surface area contributed by atoms with E-state index in [2.05, 4.69) is 10.3 Å². The van der Waals surface area contributed by atoms with Gasteiger partial charge in [0.1, 0.15) is 0 Å². The zero-order valence-corrected chi connectivity index (χ0v) is 12.2. The minimum absolute atomic E-state index is 0.0206. The predicted octanol–water partition coefficient (Wildman–Crippen LogP) is 2.03. The number of aliphatic hydroxyl groups excluding tert-OH is 1. The summed E-state index contributed by atoms with van der Waals surface area (Å²) >= 11 is 1.52. The van der Waals surface area contributed by atoms with Crippen molar-refractivity contribution in [2.75, 3.05) is 13.2 Å². The number of thiophene rings is 1. The van der Waals surface area contributed by atoms with Gasteiger partial charge in [-0.3, -0.25) is 9.78 Å². The number of carbonyl (C=O) groups is 1. The molecular formula is C15H18N2O2S. The molecule has 0 saturated carbocycles. The number of amides is 1. The molecule has 0 aromatic carbocycles. The quantitative estimate of drug-likeness (QED) is 0.855. The van der Waals surface area contributed by atoms with Crippen molar-refractivity contribution in [1.82, 2.24) is 10.3 Å². The molecule has 4 nitrogen and oxygen atoms in total. The summed E-state index contributed by atoms with van der Waals surface area (Å²) in [5, 5.41) is 16.1. The van der Waals surface area contributed by atoms with E-state index < -0.39 is 0 Å². The number of aliphatic hydroxyl groups is 1. The highest BCUT2D eigenvalue weighted by Crippen LogP contribution is 2.13. The van der Waals surface area contributed by atoms with Gasteiger partial charge in [-0.1, -0.05) is 6.07 Å². The van der Waals surface area contributed by atoms with Gasteiger partial charge in [0.05, 0.1) is 5.56 Å². The van der Waals surface area contributed by atoms with E-state index in [-0.39, 0.29) is 18.4 Å². The van der Waals surface area contributed by atoms with Crippen molar-refractivity contribution in [1.29, 1.82) is 0 Å². The Bertz CT molecular complexity index is 554. The maximum absolute atomic E-state index is 12.0. The van der Waals surface area contributed by atoms with Gasteiger partial charge in [0, 0.05) is 36.3 Å². The second kappa shape index (κ2) is 7.17. The van der Waals surface area contributed by atoms with Crippen LogP contribution in [0.15, 0.2) is 35.2 Å². The average Bonchev–Trinajstić information content (AvgIpc) is 2.90. The second-order valence-corrected chi connectivity index (χ2v) is 5.50. The summed E-state index contributed by atoms with van der Waals surface area (Å²) in [5.74, 6) is -0.101. The number of aromatic nitrogens is 1. The molecular weight excluding hydrogens is 272 g/mol. The van der Waals surface area contributed by atoms with Crippen LogP contribution in [0.4, 0.5) is 0 Å². The van der Waals surface area contributed by atoms with Crippen LogP contribution in [0, 0.1) is 12.8 Å². The molecule has 5 heteroatoms. The van der Waals surface area contributed by atoms with Crippen LogP contribution in [0.2, 0.25) is 0 Å². The average molecular weight is 290 g/mol. The number of pyridine rings is 1. The third kappa shape index (κ3) is 3.88. The number of aryl methyl sites for hydroxylation is 1. The Morgan fingerprint density at radius 3 is 2.90 bits per heavy atom. The maximum Gasteiger partial charge on any atom is 0.252 e. The number of nitrogens with one attached hydrogen (secondary N) is 1. The summed E-state index contributed by atoms with van der Waals surface area (Å²) in [6.45, 7) is 2.39. The molecule has 20 heavy (non-hydrogen) atoms. The molecule has 1 amide bonds. The van der Waals surface area contributed by atoms with Gasteiger partial charge in [0.2, 0.25) is 0 Å². The molecule has 1 atom stereocenters. The minimum atomic E-state index is -0.0804. The van der Waals surface area contributed by atoms with E-state index in [0.717, 1.165) is 11.3 Å². The highest BCUT2D eigenvalue weighted by molar-refractivity contribution is 7.08. The lowest BCUT2D eigenvalue weighted by Gasteiger charge is -2.14. The van der Waals surface area contributed by atoms with E-state index in [1.165, 1.54) is 11.3 Å². The Morgan fingerprint density at radius 1 is 1.45 bits per heavy atom. The van der Waals surface area contributed by atoms with E-state index in [1.807, 2.05) is 35.9 Å². The fourth-order valence-electron chi connectivity index (χ4n) is 1.94. The summed E-state index contributed by atoms with van der Waals surface area (Å²) in [6, 6.07) is 5.70. The molecule has 0 aliphatic heterocycles. The molecule has 106 valence electrons. The molecule has 2 rings (SSSR count). The fraction of sp³-hybridized carbons (Fsp3) is 0.333. The molecule has 1 unspecified atom stereocenters. The van der Waals surface area contributed by atoms with E-state index in [9.17, 15) is 9.90 Å². The zero-order valence-electron chi connectivity index (χ0n) is 11.4. The summed E-state index contributed by atoms with van der Waals surface area (Å²) < 4.78 is 0. The van der Waals surface area contributed by atoms with E-state index in [4.69, 9.17) is 0 Å². The van der Waals surface area contributed by atoms with Crippen LogP contribution in [0.25, 0.3) is 0 Å². The molecule has 0 fully saturated rings. The number of nitrogens with zero attached hydrogens (tertiary/aromatic N) is 1. The Morgan fingerprint density at radius 2 is 2.30 bits per heavy atom. The first-order valence-corrected chi connectivity index (χ1v) is 7.46. The molecule has 2 aromatic rings. The van der Waals surface area contributed by atoms with Gasteiger partial charge in [0.25, 0.3) is 5.91 Å². The molecule has 0 spiro atoms. The van der Waals surface area contributed by atoms with Gasteiger partial charge in [-0.05, 0) is 36.4 Å². The number of hydrogen-bond donors (Lipinski definition) is 2. The largest absolute Gasteiger partial charge is 0.396 e. The van der Waals surface area contributed by atoms with E-state index in [0.29, 0.717) is 18.5 Å². The predicted molar refractivity (Wildman–Crippen MR) is 79.9 cm³/mol. The lowest BCUT2D eigenvalue weighted by atomic mass is 10.0. The second-order valence-electron chi connectivity index (χ2n) is 4.75.